The third-order valence-electron chi connectivity index (χ3n) is 7.86. The molecule has 2 aromatic carbocycles. The van der Waals surface area contributed by atoms with Crippen molar-refractivity contribution < 1.29 is 27.5 Å². The Labute approximate surface area is 234 Å². The zero-order valence-electron chi connectivity index (χ0n) is 22.8. The third-order valence-corrected chi connectivity index (χ3v) is 9.50. The van der Waals surface area contributed by atoms with E-state index in [1.54, 1.807) is 10.6 Å². The molecule has 2 atom stereocenters. The van der Waals surface area contributed by atoms with E-state index in [0.717, 1.165) is 34.9 Å². The maximum Gasteiger partial charge on any atom is 0.293 e. The molecule has 11 heteroatoms. The zero-order chi connectivity index (χ0) is 28.3. The molecule has 3 heterocycles. The van der Waals surface area contributed by atoms with Crippen molar-refractivity contribution in [1.29, 1.82) is 0 Å². The van der Waals surface area contributed by atoms with Crippen LogP contribution >= 0.6 is 0 Å². The van der Waals surface area contributed by atoms with E-state index < -0.39 is 22.2 Å². The molecule has 214 valence electrons. The highest BCUT2D eigenvalue weighted by molar-refractivity contribution is 7.91. The maximum absolute atomic E-state index is 13.8. The van der Waals surface area contributed by atoms with Crippen molar-refractivity contribution in [3.63, 3.8) is 0 Å². The van der Waals surface area contributed by atoms with Crippen LogP contribution in [-0.4, -0.2) is 70.4 Å². The van der Waals surface area contributed by atoms with Gasteiger partial charge in [-0.15, -0.1) is 0 Å². The maximum atomic E-state index is 13.8. The molecule has 3 aromatic rings. The second-order valence-electron chi connectivity index (χ2n) is 10.4. The van der Waals surface area contributed by atoms with Crippen LogP contribution in [-0.2, 0) is 43.0 Å². The Morgan fingerprint density at radius 1 is 1.20 bits per heavy atom. The first kappa shape index (κ1) is 28.1. The normalized spacial score (nSPS) is 18.3. The number of hydrogen-bond acceptors (Lipinski definition) is 7. The summed E-state index contributed by atoms with van der Waals surface area (Å²) in [6.07, 6.45) is 4.10. The minimum Gasteiger partial charge on any atom is -0.461 e. The van der Waals surface area contributed by atoms with Crippen LogP contribution in [0.3, 0.4) is 0 Å². The highest BCUT2D eigenvalue weighted by Crippen LogP contribution is 2.37. The van der Waals surface area contributed by atoms with Crippen LogP contribution in [0.2, 0.25) is 0 Å². The summed E-state index contributed by atoms with van der Waals surface area (Å²) in [5, 5.41) is 7.44. The fourth-order valence-corrected chi connectivity index (χ4v) is 6.76. The van der Waals surface area contributed by atoms with Gasteiger partial charge < -0.3 is 24.7 Å². The summed E-state index contributed by atoms with van der Waals surface area (Å²) in [6, 6.07) is 12.9. The molecule has 2 aliphatic rings. The Balaban J connectivity index is 1.46. The molecule has 10 nitrogen and oxygen atoms in total. The third kappa shape index (κ3) is 5.86. The SMILES string of the molecule is CCc1cn2c3c(cc(C(=O)N[C@@H](Cc4ccccc4)[C@@H](CNC4CCOCC4)OC=O)cc13)N(C)S(=O)(=O)C2. The highest BCUT2D eigenvalue weighted by atomic mass is 32.2. The van der Waals surface area contributed by atoms with E-state index in [2.05, 4.69) is 10.6 Å². The summed E-state index contributed by atoms with van der Waals surface area (Å²) in [5.74, 6) is -0.501. The topological polar surface area (TPSA) is 119 Å². The Bertz CT molecular complexity index is 1470. The summed E-state index contributed by atoms with van der Waals surface area (Å²) in [4.78, 5) is 25.3. The number of carbonyl (C=O) groups is 2. The molecular weight excluding hydrogens is 532 g/mol. The number of ether oxygens (including phenoxy) is 2. The van der Waals surface area contributed by atoms with Crippen molar-refractivity contribution in [3.8, 4) is 0 Å². The average molecular weight is 569 g/mol. The summed E-state index contributed by atoms with van der Waals surface area (Å²) >= 11 is 0. The van der Waals surface area contributed by atoms with Crippen LogP contribution in [0.25, 0.3) is 10.9 Å². The van der Waals surface area contributed by atoms with E-state index in [4.69, 9.17) is 9.47 Å². The minimum absolute atomic E-state index is 0.136. The van der Waals surface area contributed by atoms with E-state index in [9.17, 15) is 18.0 Å². The summed E-state index contributed by atoms with van der Waals surface area (Å²) in [7, 11) is -2.06. The van der Waals surface area contributed by atoms with Gasteiger partial charge in [-0.25, -0.2) is 8.42 Å². The lowest BCUT2D eigenvalue weighted by Gasteiger charge is -2.30. The van der Waals surface area contributed by atoms with E-state index in [1.165, 1.54) is 11.4 Å². The largest absolute Gasteiger partial charge is 0.461 e. The molecule has 2 aliphatic heterocycles. The number of anilines is 1. The molecule has 0 unspecified atom stereocenters. The number of carbonyl (C=O) groups excluding carboxylic acids is 2. The molecule has 1 aromatic heterocycles. The number of benzene rings is 2. The fourth-order valence-electron chi connectivity index (χ4n) is 5.59. The van der Waals surface area contributed by atoms with Crippen molar-refractivity contribution >= 4 is 39.0 Å². The van der Waals surface area contributed by atoms with Crippen LogP contribution in [0.4, 0.5) is 5.69 Å². The smallest absolute Gasteiger partial charge is 0.293 e. The molecule has 0 saturated carbocycles. The average Bonchev–Trinajstić information content (AvgIpc) is 3.31. The molecular formula is C29H36N4O6S. The number of sulfonamides is 1. The van der Waals surface area contributed by atoms with Gasteiger partial charge in [-0.3, -0.25) is 13.9 Å². The molecule has 1 amide bonds. The Morgan fingerprint density at radius 3 is 2.65 bits per heavy atom. The fraction of sp³-hybridized carbons (Fsp3) is 0.448. The Hall–Kier alpha value is -3.41. The number of rotatable bonds is 11. The van der Waals surface area contributed by atoms with E-state index in [-0.39, 0.29) is 17.8 Å². The summed E-state index contributed by atoms with van der Waals surface area (Å²) < 4.78 is 39.7. The predicted molar refractivity (Wildman–Crippen MR) is 153 cm³/mol. The number of nitrogens with one attached hydrogen (secondary N) is 2. The standard InChI is InChI=1S/C29H36N4O6S/c1-3-21-17-33-18-40(36,37)32(2)26-15-22(14-24(21)28(26)33)29(35)31-25(13-20-7-5-4-6-8-20)27(39-19-34)16-30-23-9-11-38-12-10-23/h4-8,14-15,17,19,23,25,27,30H,3,9-13,16,18H2,1-2H3,(H,31,35)/t25-,27+/m0/s1. The van der Waals surface area contributed by atoms with E-state index in [0.29, 0.717) is 50.3 Å². The van der Waals surface area contributed by atoms with E-state index >= 15 is 0 Å². The number of aryl methyl sites for hydroxylation is 1. The molecule has 0 spiro atoms. The lowest BCUT2D eigenvalue weighted by molar-refractivity contribution is -0.134. The van der Waals surface area contributed by atoms with Crippen molar-refractivity contribution in [2.45, 2.75) is 56.7 Å². The first-order valence-corrected chi connectivity index (χ1v) is 15.3. The molecule has 0 aliphatic carbocycles. The first-order valence-electron chi connectivity index (χ1n) is 13.7. The second kappa shape index (κ2) is 12.0. The van der Waals surface area contributed by atoms with Gasteiger partial charge in [0.05, 0.1) is 17.2 Å². The monoisotopic (exact) mass is 568 g/mol. The molecule has 0 bridgehead atoms. The molecule has 1 saturated heterocycles. The summed E-state index contributed by atoms with van der Waals surface area (Å²) in [6.45, 7) is 4.15. The van der Waals surface area contributed by atoms with Crippen molar-refractivity contribution in [3.05, 3.63) is 65.4 Å². The van der Waals surface area contributed by atoms with Gasteiger partial charge in [0.1, 0.15) is 12.0 Å². The molecule has 0 radical (unpaired) electrons. The lowest BCUT2D eigenvalue weighted by Crippen LogP contribution is -2.51. The van der Waals surface area contributed by atoms with Gasteiger partial charge in [-0.1, -0.05) is 37.3 Å². The van der Waals surface area contributed by atoms with Gasteiger partial charge in [0.25, 0.3) is 22.4 Å². The number of nitrogens with zero attached hydrogens (tertiary/aromatic N) is 2. The first-order chi connectivity index (χ1) is 19.3. The van der Waals surface area contributed by atoms with Crippen LogP contribution in [0.1, 0.15) is 41.3 Å². The summed E-state index contributed by atoms with van der Waals surface area (Å²) in [5.41, 5.74) is 3.57. The number of amides is 1. The molecule has 40 heavy (non-hydrogen) atoms. The van der Waals surface area contributed by atoms with Crippen molar-refractivity contribution in [2.75, 3.05) is 31.1 Å². The van der Waals surface area contributed by atoms with Gasteiger partial charge in [-0.05, 0) is 48.9 Å². The van der Waals surface area contributed by atoms with Crippen LogP contribution in [0.5, 0.6) is 0 Å². The number of hydrogen-bond donors (Lipinski definition) is 2. The molecule has 1 fully saturated rings. The van der Waals surface area contributed by atoms with Gasteiger partial charge in [0.2, 0.25) is 0 Å². The van der Waals surface area contributed by atoms with Crippen molar-refractivity contribution in [2.24, 2.45) is 0 Å². The quantitative estimate of drug-likeness (QED) is 0.341. The molecule has 2 N–H and O–H groups in total. The Morgan fingerprint density at radius 2 is 1.95 bits per heavy atom. The lowest BCUT2D eigenvalue weighted by atomic mass is 9.99. The van der Waals surface area contributed by atoms with Crippen LogP contribution in [0.15, 0.2) is 48.7 Å². The van der Waals surface area contributed by atoms with Crippen molar-refractivity contribution in [1.82, 2.24) is 15.2 Å². The van der Waals surface area contributed by atoms with Gasteiger partial charge in [-0.2, -0.15) is 0 Å². The minimum atomic E-state index is -3.57. The van der Waals surface area contributed by atoms with Gasteiger partial charge in [0.15, 0.2) is 0 Å². The van der Waals surface area contributed by atoms with Crippen LogP contribution < -0.4 is 14.9 Å². The zero-order valence-corrected chi connectivity index (χ0v) is 23.7. The Kier molecular flexibility index (Phi) is 8.43. The van der Waals surface area contributed by atoms with Gasteiger partial charge in [0, 0.05) is 50.0 Å². The van der Waals surface area contributed by atoms with Crippen LogP contribution in [0, 0.1) is 0 Å². The second-order valence-corrected chi connectivity index (χ2v) is 12.4. The van der Waals surface area contributed by atoms with Gasteiger partial charge >= 0.3 is 0 Å². The highest BCUT2D eigenvalue weighted by Gasteiger charge is 2.32. The molecule has 5 rings (SSSR count). The number of aromatic nitrogens is 1. The van der Waals surface area contributed by atoms with E-state index in [1.807, 2.05) is 49.5 Å². The predicted octanol–water partition coefficient (Wildman–Crippen LogP) is 2.59.